The van der Waals surface area contributed by atoms with E-state index < -0.39 is 0 Å². The van der Waals surface area contributed by atoms with E-state index in [2.05, 4.69) is 15.9 Å². The largest absolute Gasteiger partial charge is 0.387 e. The van der Waals surface area contributed by atoms with Gasteiger partial charge in [-0.1, -0.05) is 0 Å². The molecule has 0 bridgehead atoms. The van der Waals surface area contributed by atoms with Crippen LogP contribution in [0.1, 0.15) is 43.1 Å². The molecular formula is C13H17BrO2S. The van der Waals surface area contributed by atoms with Crippen molar-refractivity contribution in [3.8, 4) is 0 Å². The molecule has 0 radical (unpaired) electrons. The normalized spacial score (nSPS) is 28.9. The summed E-state index contributed by atoms with van der Waals surface area (Å²) in [6.45, 7) is 0.810. The maximum Gasteiger partial charge on any atom is 0.0923 e. The quantitative estimate of drug-likeness (QED) is 0.896. The van der Waals surface area contributed by atoms with Gasteiger partial charge in [0.1, 0.15) is 0 Å². The first-order chi connectivity index (χ1) is 8.20. The number of hydrogen-bond donors (Lipinski definition) is 1. The van der Waals surface area contributed by atoms with Crippen molar-refractivity contribution in [3.63, 3.8) is 0 Å². The van der Waals surface area contributed by atoms with E-state index in [0.29, 0.717) is 5.92 Å². The number of hydrogen-bond acceptors (Lipinski definition) is 3. The minimum atomic E-state index is -0.328. The lowest BCUT2D eigenvalue weighted by Gasteiger charge is -2.48. The predicted octanol–water partition coefficient (Wildman–Crippen LogP) is 3.89. The van der Waals surface area contributed by atoms with Crippen molar-refractivity contribution in [1.82, 2.24) is 0 Å². The van der Waals surface area contributed by atoms with Crippen LogP contribution in [0.4, 0.5) is 0 Å². The van der Waals surface area contributed by atoms with E-state index in [1.165, 1.54) is 19.3 Å². The Hall–Kier alpha value is 0.1000. The van der Waals surface area contributed by atoms with E-state index in [9.17, 15) is 5.11 Å². The molecule has 0 amide bonds. The fourth-order valence-corrected chi connectivity index (χ4v) is 4.67. The van der Waals surface area contributed by atoms with Crippen LogP contribution in [0.5, 0.6) is 0 Å². The van der Waals surface area contributed by atoms with Gasteiger partial charge >= 0.3 is 0 Å². The summed E-state index contributed by atoms with van der Waals surface area (Å²) in [5, 5.41) is 12.5. The molecule has 0 aromatic carbocycles. The molecule has 1 aliphatic heterocycles. The summed E-state index contributed by atoms with van der Waals surface area (Å²) in [5.41, 5.74) is 0.119. The zero-order valence-corrected chi connectivity index (χ0v) is 12.1. The second-order valence-corrected chi connectivity index (χ2v) is 7.02. The molecule has 2 atom stereocenters. The molecular weight excluding hydrogens is 300 g/mol. The van der Waals surface area contributed by atoms with Gasteiger partial charge in [-0.2, -0.15) is 0 Å². The van der Waals surface area contributed by atoms with E-state index in [4.69, 9.17) is 4.74 Å². The molecule has 1 spiro atoms. The highest BCUT2D eigenvalue weighted by atomic mass is 79.9. The van der Waals surface area contributed by atoms with Gasteiger partial charge < -0.3 is 9.84 Å². The number of thiophene rings is 1. The molecule has 2 heterocycles. The van der Waals surface area contributed by atoms with Crippen molar-refractivity contribution in [3.05, 3.63) is 20.8 Å². The summed E-state index contributed by atoms with van der Waals surface area (Å²) < 4.78 is 6.96. The molecule has 1 saturated carbocycles. The van der Waals surface area contributed by atoms with Crippen LogP contribution in [0.3, 0.4) is 0 Å². The lowest BCUT2D eigenvalue weighted by Crippen LogP contribution is -2.46. The highest BCUT2D eigenvalue weighted by Crippen LogP contribution is 2.48. The predicted molar refractivity (Wildman–Crippen MR) is 72.2 cm³/mol. The number of halogens is 1. The van der Waals surface area contributed by atoms with Crippen LogP contribution in [0.15, 0.2) is 15.9 Å². The van der Waals surface area contributed by atoms with Crippen molar-refractivity contribution in [2.24, 2.45) is 5.92 Å². The first-order valence-electron chi connectivity index (χ1n) is 6.25. The number of aliphatic hydroxyl groups excluding tert-OH is 1. The Morgan fingerprint density at radius 2 is 2.35 bits per heavy atom. The molecule has 4 heteroatoms. The summed E-state index contributed by atoms with van der Waals surface area (Å²) in [7, 11) is 0. The van der Waals surface area contributed by atoms with Crippen LogP contribution in [0.25, 0.3) is 0 Å². The molecule has 2 nitrogen and oxygen atoms in total. The third kappa shape index (κ3) is 2.21. The first-order valence-corrected chi connectivity index (χ1v) is 7.92. The van der Waals surface area contributed by atoms with Gasteiger partial charge in [-0.15, -0.1) is 11.3 Å². The number of aliphatic hydroxyl groups is 1. The zero-order chi connectivity index (χ0) is 11.9. The van der Waals surface area contributed by atoms with Crippen molar-refractivity contribution >= 4 is 27.3 Å². The number of rotatable bonds is 2. The summed E-state index contributed by atoms with van der Waals surface area (Å²) in [5.74, 6) is 0.360. The molecule has 2 fully saturated rings. The fraction of sp³-hybridized carbons (Fsp3) is 0.692. The second kappa shape index (κ2) is 4.65. The highest BCUT2D eigenvalue weighted by molar-refractivity contribution is 9.10. The summed E-state index contributed by atoms with van der Waals surface area (Å²) >= 11 is 5.15. The van der Waals surface area contributed by atoms with Crippen LogP contribution >= 0.6 is 27.3 Å². The van der Waals surface area contributed by atoms with Gasteiger partial charge in [-0.05, 0) is 65.4 Å². The molecule has 1 N–H and O–H groups in total. The minimum Gasteiger partial charge on any atom is -0.387 e. The standard InChI is InChI=1S/C13H17BrO2S/c14-10-3-7-17-12(10)11(15)9-2-6-16-13(8-9)4-1-5-13/h3,7,9,11,15H,1-2,4-6,8H2. The maximum absolute atomic E-state index is 10.5. The topological polar surface area (TPSA) is 29.5 Å². The van der Waals surface area contributed by atoms with Gasteiger partial charge in [-0.25, -0.2) is 0 Å². The lowest BCUT2D eigenvalue weighted by atomic mass is 9.71. The van der Waals surface area contributed by atoms with E-state index >= 15 is 0 Å². The van der Waals surface area contributed by atoms with Gasteiger partial charge in [0.15, 0.2) is 0 Å². The molecule has 2 unspecified atom stereocenters. The lowest BCUT2D eigenvalue weighted by molar-refractivity contribution is -0.157. The molecule has 3 rings (SSSR count). The summed E-state index contributed by atoms with van der Waals surface area (Å²) in [4.78, 5) is 1.08. The van der Waals surface area contributed by atoms with Crippen LogP contribution in [0.2, 0.25) is 0 Å². The Morgan fingerprint density at radius 1 is 1.53 bits per heavy atom. The molecule has 1 saturated heterocycles. The Bertz CT molecular complexity index is 400. The monoisotopic (exact) mass is 316 g/mol. The van der Waals surface area contributed by atoms with E-state index in [1.807, 2.05) is 11.4 Å². The fourth-order valence-electron chi connectivity index (χ4n) is 2.99. The van der Waals surface area contributed by atoms with Crippen molar-refractivity contribution in [2.75, 3.05) is 6.61 Å². The molecule has 1 aliphatic carbocycles. The van der Waals surface area contributed by atoms with Crippen LogP contribution < -0.4 is 0 Å². The average molecular weight is 317 g/mol. The van der Waals surface area contributed by atoms with Gasteiger partial charge in [0, 0.05) is 16.0 Å². The first kappa shape index (κ1) is 12.2. The van der Waals surface area contributed by atoms with Crippen LogP contribution in [-0.2, 0) is 4.74 Å². The zero-order valence-electron chi connectivity index (χ0n) is 9.69. The van der Waals surface area contributed by atoms with Crippen LogP contribution in [0, 0.1) is 5.92 Å². The van der Waals surface area contributed by atoms with Gasteiger partial charge in [0.25, 0.3) is 0 Å². The Kier molecular flexibility index (Phi) is 3.32. The van der Waals surface area contributed by atoms with E-state index in [0.717, 1.165) is 28.8 Å². The smallest absolute Gasteiger partial charge is 0.0923 e. The summed E-state index contributed by atoms with van der Waals surface area (Å²) in [6, 6.07) is 2.02. The Labute approximate surface area is 114 Å². The number of ether oxygens (including phenoxy) is 1. The van der Waals surface area contributed by atoms with Crippen molar-refractivity contribution < 1.29 is 9.84 Å². The van der Waals surface area contributed by atoms with E-state index in [1.54, 1.807) is 11.3 Å². The SMILES string of the molecule is OC(c1sccc1Br)C1CCOC2(CCC2)C1. The van der Waals surface area contributed by atoms with Gasteiger partial charge in [0.2, 0.25) is 0 Å². The average Bonchev–Trinajstić information content (AvgIpc) is 2.73. The van der Waals surface area contributed by atoms with Crippen molar-refractivity contribution in [2.45, 2.75) is 43.8 Å². The third-order valence-corrected chi connectivity index (χ3v) is 6.10. The van der Waals surface area contributed by atoms with Crippen molar-refractivity contribution in [1.29, 1.82) is 0 Å². The molecule has 17 heavy (non-hydrogen) atoms. The van der Waals surface area contributed by atoms with E-state index in [-0.39, 0.29) is 11.7 Å². The minimum absolute atomic E-state index is 0.119. The second-order valence-electron chi connectivity index (χ2n) is 5.22. The molecule has 2 aliphatic rings. The maximum atomic E-state index is 10.5. The molecule has 1 aromatic heterocycles. The van der Waals surface area contributed by atoms with Crippen LogP contribution in [-0.4, -0.2) is 17.3 Å². The molecule has 94 valence electrons. The Morgan fingerprint density at radius 3 is 2.94 bits per heavy atom. The highest BCUT2D eigenvalue weighted by Gasteiger charge is 2.44. The Balaban J connectivity index is 1.73. The van der Waals surface area contributed by atoms with Gasteiger partial charge in [0.05, 0.1) is 11.7 Å². The summed E-state index contributed by atoms with van der Waals surface area (Å²) in [6.07, 6.45) is 5.33. The molecule has 1 aromatic rings. The third-order valence-electron chi connectivity index (χ3n) is 4.16. The van der Waals surface area contributed by atoms with Gasteiger partial charge in [-0.3, -0.25) is 0 Å².